The zero-order chi connectivity index (χ0) is 18.9. The van der Waals surface area contributed by atoms with E-state index in [1.165, 1.54) is 24.6 Å². The van der Waals surface area contributed by atoms with Crippen LogP contribution in [-0.4, -0.2) is 25.0 Å². The smallest absolute Gasteiger partial charge is 0.247 e. The quantitative estimate of drug-likeness (QED) is 0.371. The van der Waals surface area contributed by atoms with Gasteiger partial charge in [-0.3, -0.25) is 0 Å². The van der Waals surface area contributed by atoms with Crippen LogP contribution in [-0.2, 0) is 5.75 Å². The highest BCUT2D eigenvalue weighted by molar-refractivity contribution is 9.10. The SMILES string of the molecule is Brc1ccc(-c2nnc(CSc3nc(C4CC4)n(-c4ccccc4)n3)o2)cc1. The van der Waals surface area contributed by atoms with Gasteiger partial charge in [0.2, 0.25) is 16.9 Å². The number of hydrogen-bond donors (Lipinski definition) is 0. The van der Waals surface area contributed by atoms with Crippen LogP contribution < -0.4 is 0 Å². The maximum absolute atomic E-state index is 5.79. The summed E-state index contributed by atoms with van der Waals surface area (Å²) in [5.41, 5.74) is 1.94. The number of para-hydroxylation sites is 1. The molecule has 4 aromatic rings. The van der Waals surface area contributed by atoms with Gasteiger partial charge in [0.15, 0.2) is 0 Å². The molecule has 2 aromatic heterocycles. The molecule has 0 N–H and O–H groups in total. The highest BCUT2D eigenvalue weighted by atomic mass is 79.9. The summed E-state index contributed by atoms with van der Waals surface area (Å²) in [5, 5.41) is 13.7. The van der Waals surface area contributed by atoms with Crippen LogP contribution in [0, 0.1) is 0 Å². The van der Waals surface area contributed by atoms with Crippen molar-refractivity contribution in [3.63, 3.8) is 0 Å². The van der Waals surface area contributed by atoms with Gasteiger partial charge in [-0.2, -0.15) is 0 Å². The molecular formula is C20H16BrN5OS. The van der Waals surface area contributed by atoms with Gasteiger partial charge in [0.05, 0.1) is 11.4 Å². The van der Waals surface area contributed by atoms with Crippen molar-refractivity contribution in [2.24, 2.45) is 0 Å². The van der Waals surface area contributed by atoms with Crippen molar-refractivity contribution in [2.75, 3.05) is 0 Å². The van der Waals surface area contributed by atoms with E-state index in [1.807, 2.05) is 47.1 Å². The third-order valence-corrected chi connectivity index (χ3v) is 5.79. The molecule has 28 heavy (non-hydrogen) atoms. The molecular weight excluding hydrogens is 438 g/mol. The van der Waals surface area contributed by atoms with Gasteiger partial charge in [-0.1, -0.05) is 45.9 Å². The third kappa shape index (κ3) is 3.74. The average Bonchev–Trinajstić information content (AvgIpc) is 3.31. The van der Waals surface area contributed by atoms with Gasteiger partial charge >= 0.3 is 0 Å². The van der Waals surface area contributed by atoms with E-state index in [-0.39, 0.29) is 0 Å². The second-order valence-electron chi connectivity index (χ2n) is 6.57. The van der Waals surface area contributed by atoms with Crippen LogP contribution in [0.4, 0.5) is 0 Å². The normalized spacial score (nSPS) is 13.8. The van der Waals surface area contributed by atoms with Gasteiger partial charge in [-0.05, 0) is 49.2 Å². The minimum Gasteiger partial charge on any atom is -0.420 e. The maximum Gasteiger partial charge on any atom is 0.247 e. The number of halogens is 1. The number of nitrogens with zero attached hydrogens (tertiary/aromatic N) is 5. The summed E-state index contributed by atoms with van der Waals surface area (Å²) >= 11 is 4.94. The fraction of sp³-hybridized carbons (Fsp3) is 0.200. The Kier molecular flexibility index (Phi) is 4.74. The van der Waals surface area contributed by atoms with Crippen molar-refractivity contribution in [3.05, 3.63) is 70.8 Å². The van der Waals surface area contributed by atoms with Crippen molar-refractivity contribution >= 4 is 27.7 Å². The first-order valence-electron chi connectivity index (χ1n) is 9.00. The Morgan fingerprint density at radius 3 is 2.57 bits per heavy atom. The molecule has 2 heterocycles. The Labute approximate surface area is 174 Å². The molecule has 0 aliphatic heterocycles. The van der Waals surface area contributed by atoms with Crippen LogP contribution in [0.1, 0.15) is 30.5 Å². The molecule has 5 rings (SSSR count). The number of thioether (sulfide) groups is 1. The topological polar surface area (TPSA) is 69.6 Å². The molecule has 0 saturated heterocycles. The van der Waals surface area contributed by atoms with E-state index in [9.17, 15) is 0 Å². The van der Waals surface area contributed by atoms with E-state index >= 15 is 0 Å². The minimum atomic E-state index is 0.509. The van der Waals surface area contributed by atoms with Crippen molar-refractivity contribution in [1.29, 1.82) is 0 Å². The molecule has 0 atom stereocenters. The fourth-order valence-electron chi connectivity index (χ4n) is 2.88. The average molecular weight is 454 g/mol. The molecule has 1 aliphatic carbocycles. The summed E-state index contributed by atoms with van der Waals surface area (Å²) in [6.07, 6.45) is 2.35. The Morgan fingerprint density at radius 2 is 1.82 bits per heavy atom. The van der Waals surface area contributed by atoms with Crippen molar-refractivity contribution in [2.45, 2.75) is 29.7 Å². The van der Waals surface area contributed by atoms with Crippen LogP contribution in [0.5, 0.6) is 0 Å². The molecule has 1 saturated carbocycles. The molecule has 140 valence electrons. The summed E-state index contributed by atoms with van der Waals surface area (Å²) in [6.45, 7) is 0. The summed E-state index contributed by atoms with van der Waals surface area (Å²) in [4.78, 5) is 4.76. The van der Waals surface area contributed by atoms with E-state index in [0.29, 0.717) is 23.5 Å². The molecule has 0 unspecified atom stereocenters. The van der Waals surface area contributed by atoms with E-state index in [4.69, 9.17) is 14.5 Å². The first kappa shape index (κ1) is 17.6. The van der Waals surface area contributed by atoms with Gasteiger partial charge in [0.25, 0.3) is 0 Å². The van der Waals surface area contributed by atoms with Gasteiger partial charge in [-0.15, -0.1) is 15.3 Å². The third-order valence-electron chi connectivity index (χ3n) is 4.44. The Morgan fingerprint density at radius 1 is 1.04 bits per heavy atom. The van der Waals surface area contributed by atoms with Crippen molar-refractivity contribution < 1.29 is 4.42 Å². The van der Waals surface area contributed by atoms with Crippen LogP contribution in [0.3, 0.4) is 0 Å². The van der Waals surface area contributed by atoms with Gasteiger partial charge < -0.3 is 4.42 Å². The van der Waals surface area contributed by atoms with Gasteiger partial charge in [0.1, 0.15) is 5.82 Å². The zero-order valence-corrected chi connectivity index (χ0v) is 17.2. The molecule has 0 bridgehead atoms. The molecule has 0 radical (unpaired) electrons. The zero-order valence-electron chi connectivity index (χ0n) is 14.8. The first-order valence-corrected chi connectivity index (χ1v) is 10.8. The molecule has 8 heteroatoms. The predicted octanol–water partition coefficient (Wildman–Crippen LogP) is 5.25. The summed E-state index contributed by atoms with van der Waals surface area (Å²) in [7, 11) is 0. The van der Waals surface area contributed by atoms with Crippen LogP contribution >= 0.6 is 27.7 Å². The Hall–Kier alpha value is -2.45. The lowest BCUT2D eigenvalue weighted by Crippen LogP contribution is -2.01. The fourth-order valence-corrected chi connectivity index (χ4v) is 3.81. The lowest BCUT2D eigenvalue weighted by molar-refractivity contribution is 0.528. The van der Waals surface area contributed by atoms with Crippen molar-refractivity contribution in [3.8, 4) is 17.1 Å². The summed E-state index contributed by atoms with van der Waals surface area (Å²) in [5.74, 6) is 3.16. The highest BCUT2D eigenvalue weighted by Crippen LogP contribution is 2.40. The largest absolute Gasteiger partial charge is 0.420 e. The van der Waals surface area contributed by atoms with E-state index < -0.39 is 0 Å². The minimum absolute atomic E-state index is 0.509. The van der Waals surface area contributed by atoms with Crippen LogP contribution in [0.15, 0.2) is 68.6 Å². The maximum atomic E-state index is 5.79. The highest BCUT2D eigenvalue weighted by Gasteiger charge is 2.30. The van der Waals surface area contributed by atoms with Crippen LogP contribution in [0.25, 0.3) is 17.1 Å². The van der Waals surface area contributed by atoms with Crippen LogP contribution in [0.2, 0.25) is 0 Å². The van der Waals surface area contributed by atoms with Gasteiger partial charge in [0, 0.05) is 16.0 Å². The summed E-state index contributed by atoms with van der Waals surface area (Å²) in [6, 6.07) is 17.9. The van der Waals surface area contributed by atoms with E-state index in [1.54, 1.807) is 0 Å². The summed E-state index contributed by atoms with van der Waals surface area (Å²) < 4.78 is 8.76. The first-order chi connectivity index (χ1) is 13.8. The molecule has 6 nitrogen and oxygen atoms in total. The molecule has 1 fully saturated rings. The second-order valence-corrected chi connectivity index (χ2v) is 8.43. The number of aromatic nitrogens is 5. The Balaban J connectivity index is 1.33. The van der Waals surface area contributed by atoms with E-state index in [0.717, 1.165) is 26.7 Å². The molecule has 0 amide bonds. The molecule has 2 aromatic carbocycles. The standard InChI is InChI=1S/C20H16BrN5OS/c21-15-10-8-14(9-11-15)19-24-23-17(27-19)12-28-20-22-18(13-6-7-13)26(25-20)16-4-2-1-3-5-16/h1-5,8-11,13H,6-7,12H2. The molecule has 0 spiro atoms. The number of benzene rings is 2. The number of hydrogen-bond acceptors (Lipinski definition) is 6. The monoisotopic (exact) mass is 453 g/mol. The Bertz CT molecular complexity index is 1090. The van der Waals surface area contributed by atoms with Crippen molar-refractivity contribution in [1.82, 2.24) is 25.0 Å². The van der Waals surface area contributed by atoms with E-state index in [2.05, 4.69) is 38.3 Å². The lowest BCUT2D eigenvalue weighted by atomic mass is 10.2. The molecule has 1 aliphatic rings. The lowest BCUT2D eigenvalue weighted by Gasteiger charge is -2.03. The predicted molar refractivity (Wildman–Crippen MR) is 110 cm³/mol. The number of rotatable bonds is 6. The second kappa shape index (κ2) is 7.52. The van der Waals surface area contributed by atoms with Gasteiger partial charge in [-0.25, -0.2) is 9.67 Å².